The van der Waals surface area contributed by atoms with E-state index < -0.39 is 5.92 Å². The van der Waals surface area contributed by atoms with Gasteiger partial charge in [0.1, 0.15) is 0 Å². The molecule has 2 aromatic rings. The van der Waals surface area contributed by atoms with Crippen LogP contribution in [0.3, 0.4) is 0 Å². The zero-order valence-electron chi connectivity index (χ0n) is 18.2. The van der Waals surface area contributed by atoms with E-state index in [2.05, 4.69) is 28.0 Å². The summed E-state index contributed by atoms with van der Waals surface area (Å²) >= 11 is 0. The van der Waals surface area contributed by atoms with Gasteiger partial charge in [0.15, 0.2) is 0 Å². The van der Waals surface area contributed by atoms with Crippen LogP contribution in [0, 0.1) is 19.8 Å². The third kappa shape index (κ3) is 5.21. The van der Waals surface area contributed by atoms with E-state index in [0.29, 0.717) is 18.8 Å². The van der Waals surface area contributed by atoms with E-state index in [0.717, 1.165) is 61.9 Å². The van der Waals surface area contributed by atoms with E-state index in [1.807, 2.05) is 19.9 Å². The maximum atomic E-state index is 13.6. The summed E-state index contributed by atoms with van der Waals surface area (Å²) in [7, 11) is 2.15. The predicted octanol–water partition coefficient (Wildman–Crippen LogP) is 3.39. The minimum absolute atomic E-state index is 0.0127. The molecule has 0 unspecified atom stereocenters. The number of nitrogens with zero attached hydrogens (tertiary/aromatic N) is 6. The molecule has 4 rings (SSSR count). The van der Waals surface area contributed by atoms with Crippen molar-refractivity contribution in [2.24, 2.45) is 5.92 Å². The van der Waals surface area contributed by atoms with Gasteiger partial charge in [0.25, 0.3) is 5.95 Å². The van der Waals surface area contributed by atoms with Crippen molar-refractivity contribution in [2.75, 3.05) is 33.2 Å². The summed E-state index contributed by atoms with van der Waals surface area (Å²) < 4.78 is 28.9. The number of halogens is 2. The third-order valence-electron chi connectivity index (χ3n) is 6.34. The molecule has 8 heteroatoms. The second kappa shape index (κ2) is 8.67. The highest BCUT2D eigenvalue weighted by Crippen LogP contribution is 2.37. The lowest BCUT2D eigenvalue weighted by Crippen LogP contribution is -2.44. The molecule has 1 saturated carbocycles. The van der Waals surface area contributed by atoms with Gasteiger partial charge in [0, 0.05) is 57.0 Å². The minimum Gasteiger partial charge on any atom is -0.304 e. The summed E-state index contributed by atoms with van der Waals surface area (Å²) in [5, 5.41) is 4.56. The van der Waals surface area contributed by atoms with Gasteiger partial charge in [0.2, 0.25) is 5.92 Å². The second-order valence-corrected chi connectivity index (χ2v) is 9.07. The predicted molar refractivity (Wildman–Crippen MR) is 112 cm³/mol. The van der Waals surface area contributed by atoms with Crippen LogP contribution in [0.25, 0.3) is 5.95 Å². The monoisotopic (exact) mass is 418 g/mol. The molecule has 164 valence electrons. The van der Waals surface area contributed by atoms with Gasteiger partial charge in [-0.3, -0.25) is 4.90 Å². The Morgan fingerprint density at radius 1 is 1.00 bits per heavy atom. The topological polar surface area (TPSA) is 50.1 Å². The first kappa shape index (κ1) is 21.3. The van der Waals surface area contributed by atoms with Gasteiger partial charge < -0.3 is 4.90 Å². The number of hydrogen-bond donors (Lipinski definition) is 0. The fourth-order valence-electron chi connectivity index (χ4n) is 4.49. The van der Waals surface area contributed by atoms with Crippen molar-refractivity contribution in [3.8, 4) is 5.95 Å². The molecule has 6 nitrogen and oxygen atoms in total. The van der Waals surface area contributed by atoms with Crippen molar-refractivity contribution in [2.45, 2.75) is 58.4 Å². The first-order valence-electron chi connectivity index (χ1n) is 11.0. The number of alkyl halides is 2. The van der Waals surface area contributed by atoms with E-state index in [-0.39, 0.29) is 18.8 Å². The number of rotatable bonds is 5. The Hall–Kier alpha value is -1.93. The molecule has 1 saturated heterocycles. The number of hydrogen-bond acceptors (Lipinski definition) is 5. The Kier molecular flexibility index (Phi) is 6.16. The summed E-state index contributed by atoms with van der Waals surface area (Å²) in [5.74, 6) is -1.66. The van der Waals surface area contributed by atoms with Crippen LogP contribution in [0.2, 0.25) is 0 Å². The van der Waals surface area contributed by atoms with Gasteiger partial charge >= 0.3 is 0 Å². The molecule has 0 atom stereocenters. The second-order valence-electron chi connectivity index (χ2n) is 9.07. The van der Waals surface area contributed by atoms with E-state index in [9.17, 15) is 8.78 Å². The largest absolute Gasteiger partial charge is 0.304 e. The van der Waals surface area contributed by atoms with E-state index in [1.54, 1.807) is 4.68 Å². The maximum Gasteiger partial charge on any atom is 0.251 e. The van der Waals surface area contributed by atoms with Crippen molar-refractivity contribution in [1.82, 2.24) is 29.5 Å². The Morgan fingerprint density at radius 2 is 1.67 bits per heavy atom. The molecule has 0 bridgehead atoms. The molecule has 0 N–H and O–H groups in total. The summed E-state index contributed by atoms with van der Waals surface area (Å²) in [6, 6.07) is 4.08. The maximum absolute atomic E-state index is 13.6. The highest BCUT2D eigenvalue weighted by molar-refractivity contribution is 5.23. The number of aromatic nitrogens is 4. The molecule has 1 aliphatic carbocycles. The molecule has 2 fully saturated rings. The van der Waals surface area contributed by atoms with Crippen molar-refractivity contribution in [1.29, 1.82) is 0 Å². The molecule has 2 aromatic heterocycles. The highest BCUT2D eigenvalue weighted by Gasteiger charge is 2.35. The molecular formula is C22H32F2N6. The van der Waals surface area contributed by atoms with Crippen LogP contribution in [0.1, 0.15) is 48.5 Å². The van der Waals surface area contributed by atoms with Gasteiger partial charge in [-0.05, 0) is 58.2 Å². The van der Waals surface area contributed by atoms with Crippen LogP contribution < -0.4 is 0 Å². The van der Waals surface area contributed by atoms with Crippen molar-refractivity contribution in [3.05, 3.63) is 34.9 Å². The number of aryl methyl sites for hydroxylation is 2. The highest BCUT2D eigenvalue weighted by atomic mass is 19.3. The third-order valence-corrected chi connectivity index (χ3v) is 6.34. The average molecular weight is 419 g/mol. The average Bonchev–Trinajstić information content (AvgIpc) is 3.03. The molecule has 1 aliphatic heterocycles. The molecule has 0 radical (unpaired) electrons. The number of likely N-dealkylation sites (N-methyl/N-ethyl adjacent to an activating group) is 1. The van der Waals surface area contributed by atoms with E-state index in [1.165, 1.54) is 0 Å². The lowest BCUT2D eigenvalue weighted by atomic mass is 9.84. The Morgan fingerprint density at radius 3 is 2.30 bits per heavy atom. The number of piperazine rings is 1. The Balaban J connectivity index is 1.56. The lowest BCUT2D eigenvalue weighted by Gasteiger charge is -2.32. The molecule has 0 aromatic carbocycles. The van der Waals surface area contributed by atoms with Crippen LogP contribution in [-0.4, -0.2) is 68.7 Å². The van der Waals surface area contributed by atoms with Crippen LogP contribution in [0.5, 0.6) is 0 Å². The van der Waals surface area contributed by atoms with Gasteiger partial charge in [0.05, 0.1) is 11.4 Å². The molecule has 0 amide bonds. The van der Waals surface area contributed by atoms with Crippen LogP contribution >= 0.6 is 0 Å². The zero-order chi connectivity index (χ0) is 21.3. The summed E-state index contributed by atoms with van der Waals surface area (Å²) in [6.07, 6.45) is 1.81. The molecule has 3 heterocycles. The Labute approximate surface area is 177 Å². The molecule has 0 spiro atoms. The van der Waals surface area contributed by atoms with Crippen molar-refractivity contribution in [3.63, 3.8) is 0 Å². The fraction of sp³-hybridized carbons (Fsp3) is 0.682. The standard InChI is InChI=1S/C22H32F2N6/c1-16-12-17(2)30(27-16)21-25-19(13-18-4-6-22(23,24)7-5-18)14-20(26-21)15-29-10-8-28(3)9-11-29/h12,14,18H,4-11,13,15H2,1-3H3. The normalized spacial score (nSPS) is 21.2. The molecule has 2 aliphatic rings. The molecule has 30 heavy (non-hydrogen) atoms. The van der Waals surface area contributed by atoms with Crippen molar-refractivity contribution < 1.29 is 8.78 Å². The van der Waals surface area contributed by atoms with Gasteiger partial charge in [-0.15, -0.1) is 0 Å². The molecular weight excluding hydrogens is 386 g/mol. The fourth-order valence-corrected chi connectivity index (χ4v) is 4.49. The summed E-state index contributed by atoms with van der Waals surface area (Å²) in [6.45, 7) is 8.88. The van der Waals surface area contributed by atoms with Gasteiger partial charge in [-0.25, -0.2) is 23.4 Å². The van der Waals surface area contributed by atoms with Gasteiger partial charge in [-0.1, -0.05) is 0 Å². The SMILES string of the molecule is Cc1cc(C)n(-c2nc(CC3CCC(F)(F)CC3)cc(CN3CCN(C)CC3)n2)n1. The first-order chi connectivity index (χ1) is 14.3. The smallest absolute Gasteiger partial charge is 0.251 e. The van der Waals surface area contributed by atoms with Crippen LogP contribution in [0.4, 0.5) is 8.78 Å². The minimum atomic E-state index is -2.50. The lowest BCUT2D eigenvalue weighted by molar-refractivity contribution is -0.0457. The summed E-state index contributed by atoms with van der Waals surface area (Å²) in [5.41, 5.74) is 3.84. The van der Waals surface area contributed by atoms with Crippen LogP contribution in [0.15, 0.2) is 12.1 Å². The zero-order valence-corrected chi connectivity index (χ0v) is 18.2. The van der Waals surface area contributed by atoms with E-state index in [4.69, 9.17) is 9.97 Å². The van der Waals surface area contributed by atoms with Crippen molar-refractivity contribution >= 4 is 0 Å². The summed E-state index contributed by atoms with van der Waals surface area (Å²) in [4.78, 5) is 14.4. The first-order valence-corrected chi connectivity index (χ1v) is 11.0. The van der Waals surface area contributed by atoms with Gasteiger partial charge in [-0.2, -0.15) is 5.10 Å². The van der Waals surface area contributed by atoms with E-state index >= 15 is 0 Å². The Bertz CT molecular complexity index is 863. The van der Waals surface area contributed by atoms with Crippen LogP contribution in [-0.2, 0) is 13.0 Å². The quantitative estimate of drug-likeness (QED) is 0.745.